The zero-order valence-electron chi connectivity index (χ0n) is 14.4. The lowest BCUT2D eigenvalue weighted by Gasteiger charge is -2.14. The molecule has 6 nitrogen and oxygen atoms in total. The van der Waals surface area contributed by atoms with Crippen molar-refractivity contribution in [3.63, 3.8) is 0 Å². The number of ketones is 1. The number of aromatic nitrogens is 2. The molecule has 128 valence electrons. The minimum atomic E-state index is -0.728. The number of carbonyl (C=O) groups excluding carboxylic acids is 2. The number of carbonyl (C=O) groups is 2. The van der Waals surface area contributed by atoms with Crippen LogP contribution in [0, 0.1) is 19.8 Å². The van der Waals surface area contributed by atoms with E-state index in [1.807, 2.05) is 44.2 Å². The zero-order valence-corrected chi connectivity index (χ0v) is 14.4. The summed E-state index contributed by atoms with van der Waals surface area (Å²) in [6, 6.07) is 9.43. The van der Waals surface area contributed by atoms with Gasteiger partial charge < -0.3 is 10.4 Å². The number of nitrogens with zero attached hydrogens (tertiary/aromatic N) is 2. The Labute approximate surface area is 141 Å². The van der Waals surface area contributed by atoms with Crippen molar-refractivity contribution < 1.29 is 14.7 Å². The number of amides is 1. The van der Waals surface area contributed by atoms with Crippen LogP contribution in [0.2, 0.25) is 0 Å². The van der Waals surface area contributed by atoms with Crippen molar-refractivity contribution in [3.05, 3.63) is 47.3 Å². The van der Waals surface area contributed by atoms with E-state index in [1.165, 1.54) is 0 Å². The van der Waals surface area contributed by atoms with E-state index in [-0.39, 0.29) is 12.5 Å². The third-order valence-corrected chi connectivity index (χ3v) is 3.97. The first-order valence-corrected chi connectivity index (χ1v) is 7.95. The lowest BCUT2D eigenvalue weighted by molar-refractivity contribution is -0.117. The Balaban J connectivity index is 2.21. The summed E-state index contributed by atoms with van der Waals surface area (Å²) in [6.07, 6.45) is -0.684. The molecule has 6 heteroatoms. The molecular formula is C18H23N3O3. The molecule has 24 heavy (non-hydrogen) atoms. The van der Waals surface area contributed by atoms with Crippen LogP contribution in [0.5, 0.6) is 0 Å². The summed E-state index contributed by atoms with van der Waals surface area (Å²) in [5.41, 5.74) is 2.24. The topological polar surface area (TPSA) is 84.2 Å². The molecule has 0 bridgehead atoms. The number of nitrogens with one attached hydrogen (secondary N) is 1. The van der Waals surface area contributed by atoms with Crippen molar-refractivity contribution in [2.45, 2.75) is 33.8 Å². The van der Waals surface area contributed by atoms with Crippen LogP contribution in [0.1, 0.15) is 35.6 Å². The van der Waals surface area contributed by atoms with E-state index in [0.717, 1.165) is 5.69 Å². The number of rotatable bonds is 6. The van der Waals surface area contributed by atoms with Gasteiger partial charge in [0.1, 0.15) is 0 Å². The molecule has 1 unspecified atom stereocenters. The predicted molar refractivity (Wildman–Crippen MR) is 91.2 cm³/mol. The number of aliphatic hydroxyl groups is 1. The minimum absolute atomic E-state index is 0.00436. The molecule has 1 amide bonds. The SMILES string of the molecule is Cc1nn(-c2ccccc2)c(C)c1C(=O)C(=O)NCC(O)C(C)C. The van der Waals surface area contributed by atoms with E-state index in [0.29, 0.717) is 17.0 Å². The Hall–Kier alpha value is -2.47. The summed E-state index contributed by atoms with van der Waals surface area (Å²) in [5.74, 6) is -1.36. The fraction of sp³-hybridized carbons (Fsp3) is 0.389. The largest absolute Gasteiger partial charge is 0.391 e. The zero-order chi connectivity index (χ0) is 17.9. The second kappa shape index (κ2) is 7.40. The minimum Gasteiger partial charge on any atom is -0.391 e. The fourth-order valence-corrected chi connectivity index (χ4v) is 2.42. The van der Waals surface area contributed by atoms with Crippen molar-refractivity contribution in [2.24, 2.45) is 5.92 Å². The third-order valence-electron chi connectivity index (χ3n) is 3.97. The van der Waals surface area contributed by atoms with Crippen LogP contribution >= 0.6 is 0 Å². The quantitative estimate of drug-likeness (QED) is 0.625. The van der Waals surface area contributed by atoms with Crippen molar-refractivity contribution in [2.75, 3.05) is 6.54 Å². The first kappa shape index (κ1) is 17.9. The monoisotopic (exact) mass is 329 g/mol. The molecule has 0 spiro atoms. The summed E-state index contributed by atoms with van der Waals surface area (Å²) < 4.78 is 1.65. The number of hydrogen-bond donors (Lipinski definition) is 2. The molecule has 0 aliphatic carbocycles. The second-order valence-corrected chi connectivity index (χ2v) is 6.14. The molecule has 0 radical (unpaired) electrons. The standard InChI is InChI=1S/C18H23N3O3/c1-11(2)15(22)10-19-18(24)17(23)16-12(3)20-21(13(16)4)14-8-6-5-7-9-14/h5-9,11,15,22H,10H2,1-4H3,(H,19,24). The number of Topliss-reactive ketones (excluding diaryl/α,β-unsaturated/α-hetero) is 1. The van der Waals surface area contributed by atoms with E-state index in [1.54, 1.807) is 18.5 Å². The molecular weight excluding hydrogens is 306 g/mol. The lowest BCUT2D eigenvalue weighted by atomic mass is 10.1. The molecule has 1 atom stereocenters. The molecule has 0 fully saturated rings. The number of benzene rings is 1. The highest BCUT2D eigenvalue weighted by Gasteiger charge is 2.25. The average molecular weight is 329 g/mol. The number of aryl methyl sites for hydroxylation is 1. The van der Waals surface area contributed by atoms with Gasteiger partial charge in [0, 0.05) is 6.54 Å². The number of hydrogen-bond acceptors (Lipinski definition) is 4. The third kappa shape index (κ3) is 3.71. The summed E-state index contributed by atoms with van der Waals surface area (Å²) in [7, 11) is 0. The Morgan fingerprint density at radius 2 is 1.83 bits per heavy atom. The van der Waals surface area contributed by atoms with Crippen LogP contribution in [0.3, 0.4) is 0 Å². The Kier molecular flexibility index (Phi) is 5.51. The molecule has 2 aromatic rings. The molecule has 0 aliphatic rings. The van der Waals surface area contributed by atoms with Crippen LogP contribution < -0.4 is 5.32 Å². The molecule has 0 saturated carbocycles. The average Bonchev–Trinajstić information content (AvgIpc) is 2.86. The summed E-state index contributed by atoms with van der Waals surface area (Å²) in [4.78, 5) is 24.6. The second-order valence-electron chi connectivity index (χ2n) is 6.14. The van der Waals surface area contributed by atoms with Gasteiger partial charge in [0.05, 0.1) is 28.7 Å². The van der Waals surface area contributed by atoms with E-state index in [2.05, 4.69) is 10.4 Å². The molecule has 1 heterocycles. The number of aliphatic hydroxyl groups excluding tert-OH is 1. The summed E-state index contributed by atoms with van der Waals surface area (Å²) in [6.45, 7) is 7.20. The van der Waals surface area contributed by atoms with E-state index in [4.69, 9.17) is 0 Å². The van der Waals surface area contributed by atoms with Crippen molar-refractivity contribution >= 4 is 11.7 Å². The maximum absolute atomic E-state index is 12.5. The van der Waals surface area contributed by atoms with Gasteiger partial charge in [0.2, 0.25) is 0 Å². The molecule has 2 rings (SSSR count). The van der Waals surface area contributed by atoms with Gasteiger partial charge in [-0.05, 0) is 31.9 Å². The van der Waals surface area contributed by atoms with Gasteiger partial charge >= 0.3 is 0 Å². The van der Waals surface area contributed by atoms with Crippen LogP contribution in [-0.2, 0) is 4.79 Å². The van der Waals surface area contributed by atoms with E-state index >= 15 is 0 Å². The highest BCUT2D eigenvalue weighted by Crippen LogP contribution is 2.18. The molecule has 0 saturated heterocycles. The molecule has 1 aromatic carbocycles. The van der Waals surface area contributed by atoms with Gasteiger partial charge in [-0.3, -0.25) is 9.59 Å². The highest BCUT2D eigenvalue weighted by atomic mass is 16.3. The van der Waals surface area contributed by atoms with Crippen LogP contribution in [0.15, 0.2) is 30.3 Å². The van der Waals surface area contributed by atoms with Crippen molar-refractivity contribution in [1.29, 1.82) is 0 Å². The fourth-order valence-electron chi connectivity index (χ4n) is 2.42. The highest BCUT2D eigenvalue weighted by molar-refractivity contribution is 6.43. The van der Waals surface area contributed by atoms with E-state index < -0.39 is 17.8 Å². The van der Waals surface area contributed by atoms with Gasteiger partial charge in [0.15, 0.2) is 0 Å². The van der Waals surface area contributed by atoms with Gasteiger partial charge in [-0.15, -0.1) is 0 Å². The smallest absolute Gasteiger partial charge is 0.292 e. The summed E-state index contributed by atoms with van der Waals surface area (Å²) in [5, 5.41) is 16.6. The normalized spacial score (nSPS) is 12.2. The first-order chi connectivity index (χ1) is 11.3. The van der Waals surface area contributed by atoms with Gasteiger partial charge in [-0.1, -0.05) is 32.0 Å². The lowest BCUT2D eigenvalue weighted by Crippen LogP contribution is -2.38. The predicted octanol–water partition coefficient (Wildman–Crippen LogP) is 1.80. The number of para-hydroxylation sites is 1. The maximum atomic E-state index is 12.5. The van der Waals surface area contributed by atoms with Crippen LogP contribution in [-0.4, -0.2) is 39.2 Å². The van der Waals surface area contributed by atoms with Crippen LogP contribution in [0.4, 0.5) is 0 Å². The van der Waals surface area contributed by atoms with Gasteiger partial charge in [-0.25, -0.2) is 4.68 Å². The van der Waals surface area contributed by atoms with Gasteiger partial charge in [-0.2, -0.15) is 5.10 Å². The molecule has 2 N–H and O–H groups in total. The molecule has 0 aliphatic heterocycles. The van der Waals surface area contributed by atoms with Crippen LogP contribution in [0.25, 0.3) is 5.69 Å². The van der Waals surface area contributed by atoms with E-state index in [9.17, 15) is 14.7 Å². The maximum Gasteiger partial charge on any atom is 0.292 e. The Morgan fingerprint density at radius 3 is 2.42 bits per heavy atom. The Morgan fingerprint density at radius 1 is 1.21 bits per heavy atom. The first-order valence-electron chi connectivity index (χ1n) is 7.95. The van der Waals surface area contributed by atoms with Gasteiger partial charge in [0.25, 0.3) is 11.7 Å². The van der Waals surface area contributed by atoms with Crippen molar-refractivity contribution in [3.8, 4) is 5.69 Å². The molecule has 1 aromatic heterocycles. The summed E-state index contributed by atoms with van der Waals surface area (Å²) >= 11 is 0. The van der Waals surface area contributed by atoms with Crippen molar-refractivity contribution in [1.82, 2.24) is 15.1 Å². The Bertz CT molecular complexity index is 735.